The zero-order valence-electron chi connectivity index (χ0n) is 33.5. The molecular formula is C35H24N6Na4O13S4. The van der Waals surface area contributed by atoms with Gasteiger partial charge in [-0.15, -0.1) is 0 Å². The first-order chi connectivity index (χ1) is 27.0. The third-order valence-corrected chi connectivity index (χ3v) is 11.9. The van der Waals surface area contributed by atoms with Crippen molar-refractivity contribution in [2.45, 2.75) is 33.4 Å². The summed E-state index contributed by atoms with van der Waals surface area (Å²) < 4.78 is 143. The van der Waals surface area contributed by atoms with Gasteiger partial charge in [-0.1, -0.05) is 24.3 Å². The Labute approximate surface area is 443 Å². The van der Waals surface area contributed by atoms with E-state index in [2.05, 4.69) is 31.1 Å². The zero-order chi connectivity index (χ0) is 42.4. The van der Waals surface area contributed by atoms with Gasteiger partial charge in [-0.05, 0) is 97.8 Å². The van der Waals surface area contributed by atoms with Gasteiger partial charge in [0, 0.05) is 32.9 Å². The molecular weight excluding hydrogens is 933 g/mol. The second-order valence-electron chi connectivity index (χ2n) is 12.4. The van der Waals surface area contributed by atoms with Crippen LogP contribution in [0.15, 0.2) is 137 Å². The molecule has 0 heterocycles. The maximum Gasteiger partial charge on any atom is 1.00 e. The Morgan fingerprint density at radius 2 is 0.774 bits per heavy atom. The number of amides is 2. The molecule has 19 nitrogen and oxygen atoms in total. The van der Waals surface area contributed by atoms with Crippen molar-refractivity contribution in [3.8, 4) is 0 Å². The molecule has 0 unspecified atom stereocenters. The van der Waals surface area contributed by atoms with Gasteiger partial charge in [0.05, 0.1) is 42.3 Å². The first kappa shape index (κ1) is 56.1. The first-order valence-corrected chi connectivity index (χ1v) is 21.7. The molecule has 2 amide bonds. The first-order valence-electron chi connectivity index (χ1n) is 16.1. The number of rotatable bonds is 10. The predicted octanol–water partition coefficient (Wildman–Crippen LogP) is -5.28. The molecule has 0 aromatic heterocycles. The fourth-order valence-electron chi connectivity index (χ4n) is 5.79. The Morgan fingerprint density at radius 1 is 0.435 bits per heavy atom. The van der Waals surface area contributed by atoms with Crippen LogP contribution < -0.4 is 129 Å². The number of carbonyl (C=O) groups is 1. The number of hydrogen-bond acceptors (Lipinski definition) is 17. The Hall–Kier alpha value is -2.05. The molecule has 0 bridgehead atoms. The standard InChI is InChI=1S/C35H28N6O13S4.4Na/c1-19-13-21(9-11-29(19)40-38-23-15-27-25(33(17-23)57(49,50)51)5-3-7-31(27)55(43,44)45)36-35(42)37-22-10-12-30(20(2)14-22)41-39-24-16-28-26(34(18-24)58(52,53)54)6-4-8-32(28)56(46,47)48;;;;/h3-18H,1-2H3,(H2,36,37,42)(H,43,44,45)(H,46,47,48)(H,49,50,51)(H,52,53,54);;;;/q;4*+1/p-4. The number of carbonyl (C=O) groups excluding carboxylic acids is 1. The second-order valence-corrected chi connectivity index (χ2v) is 17.8. The zero-order valence-corrected chi connectivity index (χ0v) is 44.7. The van der Waals surface area contributed by atoms with E-state index >= 15 is 0 Å². The molecule has 0 saturated heterocycles. The summed E-state index contributed by atoms with van der Waals surface area (Å²) in [6, 6.07) is 18.8. The van der Waals surface area contributed by atoms with E-state index in [4.69, 9.17) is 0 Å². The number of nitrogens with zero attached hydrogens (tertiary/aromatic N) is 4. The van der Waals surface area contributed by atoms with Crippen LogP contribution in [0, 0.1) is 13.8 Å². The van der Waals surface area contributed by atoms with Crippen molar-refractivity contribution in [1.29, 1.82) is 0 Å². The van der Waals surface area contributed by atoms with Gasteiger partial charge in [0.2, 0.25) is 0 Å². The molecule has 27 heteroatoms. The largest absolute Gasteiger partial charge is 1.00 e. The van der Waals surface area contributed by atoms with E-state index in [0.717, 1.165) is 48.5 Å². The molecule has 0 atom stereocenters. The molecule has 6 aromatic carbocycles. The van der Waals surface area contributed by atoms with Gasteiger partial charge in [0.25, 0.3) is 0 Å². The topological polar surface area (TPSA) is 319 Å². The molecule has 0 spiro atoms. The molecule has 300 valence electrons. The van der Waals surface area contributed by atoms with E-state index in [1.165, 1.54) is 48.5 Å². The van der Waals surface area contributed by atoms with Gasteiger partial charge in [0.15, 0.2) is 0 Å². The maximum atomic E-state index is 12.8. The van der Waals surface area contributed by atoms with Crippen molar-refractivity contribution in [3.05, 3.63) is 108 Å². The molecule has 6 rings (SSSR count). The molecule has 0 radical (unpaired) electrons. The van der Waals surface area contributed by atoms with Gasteiger partial charge in [-0.3, -0.25) is 0 Å². The molecule has 0 aliphatic rings. The van der Waals surface area contributed by atoms with Crippen molar-refractivity contribution in [2.24, 2.45) is 20.5 Å². The molecule has 0 saturated carbocycles. The van der Waals surface area contributed by atoms with Crippen LogP contribution in [0.3, 0.4) is 0 Å². The number of anilines is 2. The Morgan fingerprint density at radius 3 is 1.08 bits per heavy atom. The summed E-state index contributed by atoms with van der Waals surface area (Å²) in [6.45, 7) is 3.24. The van der Waals surface area contributed by atoms with Crippen LogP contribution in [0.25, 0.3) is 21.5 Å². The van der Waals surface area contributed by atoms with Gasteiger partial charge in [-0.2, -0.15) is 20.5 Å². The van der Waals surface area contributed by atoms with Gasteiger partial charge in [-0.25, -0.2) is 38.5 Å². The van der Waals surface area contributed by atoms with Crippen LogP contribution in [0.4, 0.5) is 38.9 Å². The number of hydrogen-bond donors (Lipinski definition) is 2. The van der Waals surface area contributed by atoms with Crippen molar-refractivity contribution < 1.29 is 175 Å². The number of urea groups is 1. The van der Waals surface area contributed by atoms with Gasteiger partial charge < -0.3 is 28.8 Å². The van der Waals surface area contributed by atoms with Crippen LogP contribution in [0.1, 0.15) is 11.1 Å². The number of azo groups is 2. The van der Waals surface area contributed by atoms with E-state index in [1.807, 2.05) is 0 Å². The summed E-state index contributed by atoms with van der Waals surface area (Å²) in [4.78, 5) is 9.76. The third kappa shape index (κ3) is 13.5. The summed E-state index contributed by atoms with van der Waals surface area (Å²) in [7, 11) is -20.4. The SMILES string of the molecule is Cc1cc(NC(=O)Nc2ccc(N=Nc3cc(S(=O)(=O)[O-])c4cccc(S(=O)(=O)[O-])c4c3)c(C)c2)ccc1N=Nc1cc(S(=O)(=O)[O-])c2cccc(S(=O)(=O)[O-])c2c1.[Na+].[Na+].[Na+].[Na+]. The molecule has 0 aliphatic heterocycles. The molecule has 62 heavy (non-hydrogen) atoms. The van der Waals surface area contributed by atoms with E-state index in [1.54, 1.807) is 13.8 Å². The minimum atomic E-state index is -5.13. The van der Waals surface area contributed by atoms with Gasteiger partial charge >= 0.3 is 124 Å². The molecule has 2 N–H and O–H groups in total. The number of nitrogens with one attached hydrogen (secondary N) is 2. The third-order valence-electron chi connectivity index (χ3n) is 8.34. The van der Waals surface area contributed by atoms with E-state index in [-0.39, 0.29) is 163 Å². The van der Waals surface area contributed by atoms with E-state index in [9.17, 15) is 56.7 Å². The van der Waals surface area contributed by atoms with Crippen molar-refractivity contribution in [1.82, 2.24) is 0 Å². The van der Waals surface area contributed by atoms with Crippen LogP contribution in [-0.2, 0) is 40.5 Å². The summed E-state index contributed by atoms with van der Waals surface area (Å²) in [6.07, 6.45) is 0. The molecule has 0 aliphatic carbocycles. The average molecular weight is 957 g/mol. The van der Waals surface area contributed by atoms with Crippen LogP contribution in [-0.4, -0.2) is 57.9 Å². The van der Waals surface area contributed by atoms with Crippen molar-refractivity contribution in [2.75, 3.05) is 10.6 Å². The normalized spacial score (nSPS) is 12.0. The number of benzene rings is 6. The van der Waals surface area contributed by atoms with Gasteiger partial charge in [0.1, 0.15) is 40.5 Å². The molecule has 0 fully saturated rings. The quantitative estimate of drug-likeness (QED) is 0.0738. The fourth-order valence-corrected chi connectivity index (χ4v) is 8.58. The Balaban J connectivity index is 0.00000331. The van der Waals surface area contributed by atoms with Crippen LogP contribution in [0.2, 0.25) is 0 Å². The van der Waals surface area contributed by atoms with E-state index in [0.29, 0.717) is 22.5 Å². The average Bonchev–Trinajstić information content (AvgIpc) is 3.11. The predicted molar refractivity (Wildman–Crippen MR) is 203 cm³/mol. The monoisotopic (exact) mass is 956 g/mol. The van der Waals surface area contributed by atoms with Crippen LogP contribution >= 0.6 is 0 Å². The smallest absolute Gasteiger partial charge is 0.744 e. The molecule has 6 aromatic rings. The number of aryl methyl sites for hydroxylation is 2. The fraction of sp³-hybridized carbons (Fsp3) is 0.0571. The summed E-state index contributed by atoms with van der Waals surface area (Å²) in [5.41, 5.74) is 1.61. The Bertz CT molecular complexity index is 3030. The Kier molecular flexibility index (Phi) is 19.9. The summed E-state index contributed by atoms with van der Waals surface area (Å²) in [5, 5.41) is 20.1. The maximum absolute atomic E-state index is 12.8. The van der Waals surface area contributed by atoms with Crippen molar-refractivity contribution >= 4 is 102 Å². The van der Waals surface area contributed by atoms with Crippen LogP contribution in [0.5, 0.6) is 0 Å². The van der Waals surface area contributed by atoms with Crippen molar-refractivity contribution in [3.63, 3.8) is 0 Å². The van der Waals surface area contributed by atoms with E-state index < -0.39 is 66.1 Å². The minimum absolute atomic E-state index is 0. The summed E-state index contributed by atoms with van der Waals surface area (Å²) in [5.74, 6) is 0. The second kappa shape index (κ2) is 22.0. The minimum Gasteiger partial charge on any atom is -0.744 e. The summed E-state index contributed by atoms with van der Waals surface area (Å²) >= 11 is 0. The number of fused-ring (bicyclic) bond motifs is 2.